The van der Waals surface area contributed by atoms with E-state index in [1.807, 2.05) is 4.90 Å². The van der Waals surface area contributed by atoms with Gasteiger partial charge in [0.05, 0.1) is 16.9 Å². The lowest BCUT2D eigenvalue weighted by atomic mass is 9.89. The molecule has 3 heterocycles. The predicted octanol–water partition coefficient (Wildman–Crippen LogP) is 3.36. The SMILES string of the molecule is C[C@H]1CCc2c(sc3nc(CSCC(=O)N4CCCCC4)[nH]c(=O)c23)C1. The van der Waals surface area contributed by atoms with Crippen molar-refractivity contribution in [2.75, 3.05) is 18.8 Å². The number of hydrogen-bond acceptors (Lipinski definition) is 5. The number of aryl methyl sites for hydroxylation is 1. The lowest BCUT2D eigenvalue weighted by Crippen LogP contribution is -2.36. The number of carbonyl (C=O) groups excluding carboxylic acids is 1. The van der Waals surface area contributed by atoms with Crippen LogP contribution in [0.15, 0.2) is 4.79 Å². The third-order valence-electron chi connectivity index (χ3n) is 5.39. The fourth-order valence-electron chi connectivity index (χ4n) is 3.93. The van der Waals surface area contributed by atoms with Gasteiger partial charge in [-0.2, -0.15) is 0 Å². The molecule has 1 amide bonds. The van der Waals surface area contributed by atoms with Crippen molar-refractivity contribution in [3.05, 3.63) is 26.6 Å². The van der Waals surface area contributed by atoms with Crippen LogP contribution in [0.3, 0.4) is 0 Å². The Hall–Kier alpha value is -1.34. The summed E-state index contributed by atoms with van der Waals surface area (Å²) in [5.41, 5.74) is 1.20. The Morgan fingerprint density at radius 1 is 1.35 bits per heavy atom. The smallest absolute Gasteiger partial charge is 0.259 e. The molecule has 26 heavy (non-hydrogen) atoms. The third-order valence-corrected chi connectivity index (χ3v) is 7.46. The molecule has 1 fully saturated rings. The quantitative estimate of drug-likeness (QED) is 0.868. The summed E-state index contributed by atoms with van der Waals surface area (Å²) in [6, 6.07) is 0. The van der Waals surface area contributed by atoms with Crippen LogP contribution in [-0.2, 0) is 23.4 Å². The summed E-state index contributed by atoms with van der Waals surface area (Å²) >= 11 is 3.22. The van der Waals surface area contributed by atoms with Crippen LogP contribution >= 0.6 is 23.1 Å². The molecule has 1 aliphatic heterocycles. The summed E-state index contributed by atoms with van der Waals surface area (Å²) in [5, 5.41) is 0.801. The number of piperidine rings is 1. The first-order chi connectivity index (χ1) is 12.6. The average molecular weight is 392 g/mol. The molecule has 0 bridgehead atoms. The summed E-state index contributed by atoms with van der Waals surface area (Å²) in [7, 11) is 0. The zero-order valence-corrected chi connectivity index (χ0v) is 16.8. The molecule has 1 saturated heterocycles. The van der Waals surface area contributed by atoms with Crippen LogP contribution in [0.5, 0.6) is 0 Å². The van der Waals surface area contributed by atoms with E-state index in [9.17, 15) is 9.59 Å². The van der Waals surface area contributed by atoms with E-state index in [2.05, 4.69) is 11.9 Å². The van der Waals surface area contributed by atoms with Crippen molar-refractivity contribution in [2.24, 2.45) is 5.92 Å². The molecular weight excluding hydrogens is 366 g/mol. The second kappa shape index (κ2) is 7.72. The molecule has 7 heteroatoms. The average Bonchev–Trinajstić information content (AvgIpc) is 3.00. The van der Waals surface area contributed by atoms with Gasteiger partial charge in [-0.15, -0.1) is 23.1 Å². The Morgan fingerprint density at radius 3 is 2.96 bits per heavy atom. The highest BCUT2D eigenvalue weighted by molar-refractivity contribution is 7.99. The first-order valence-corrected chi connectivity index (χ1v) is 11.5. The van der Waals surface area contributed by atoms with Crippen molar-refractivity contribution in [1.82, 2.24) is 14.9 Å². The summed E-state index contributed by atoms with van der Waals surface area (Å²) in [6.07, 6.45) is 6.65. The van der Waals surface area contributed by atoms with E-state index in [-0.39, 0.29) is 11.5 Å². The van der Waals surface area contributed by atoms with Gasteiger partial charge in [-0.25, -0.2) is 4.98 Å². The van der Waals surface area contributed by atoms with Crippen LogP contribution in [0, 0.1) is 5.92 Å². The van der Waals surface area contributed by atoms with Crippen molar-refractivity contribution in [3.8, 4) is 0 Å². The second-order valence-electron chi connectivity index (χ2n) is 7.48. The number of fused-ring (bicyclic) bond motifs is 3. The van der Waals surface area contributed by atoms with E-state index in [0.29, 0.717) is 23.2 Å². The van der Waals surface area contributed by atoms with E-state index in [4.69, 9.17) is 4.98 Å². The first kappa shape index (κ1) is 18.0. The van der Waals surface area contributed by atoms with Gasteiger partial charge in [0.15, 0.2) is 0 Å². The molecule has 140 valence electrons. The molecule has 1 aliphatic carbocycles. The maximum absolute atomic E-state index is 12.6. The molecule has 0 radical (unpaired) electrons. The van der Waals surface area contributed by atoms with Crippen molar-refractivity contribution in [3.63, 3.8) is 0 Å². The highest BCUT2D eigenvalue weighted by Gasteiger charge is 2.23. The number of nitrogens with zero attached hydrogens (tertiary/aromatic N) is 2. The number of amides is 1. The van der Waals surface area contributed by atoms with E-state index < -0.39 is 0 Å². The molecule has 0 unspecified atom stereocenters. The molecule has 0 spiro atoms. The number of aromatic nitrogens is 2. The molecule has 4 rings (SSSR count). The normalized spacial score (nSPS) is 20.3. The number of thioether (sulfide) groups is 1. The van der Waals surface area contributed by atoms with Gasteiger partial charge in [0, 0.05) is 18.0 Å². The van der Waals surface area contributed by atoms with Crippen LogP contribution < -0.4 is 5.56 Å². The van der Waals surface area contributed by atoms with Gasteiger partial charge >= 0.3 is 0 Å². The van der Waals surface area contributed by atoms with Gasteiger partial charge < -0.3 is 9.88 Å². The number of aromatic amines is 1. The van der Waals surface area contributed by atoms with E-state index in [1.165, 1.54) is 16.9 Å². The largest absolute Gasteiger partial charge is 0.342 e. The number of thiophene rings is 1. The molecule has 2 aromatic rings. The lowest BCUT2D eigenvalue weighted by Gasteiger charge is -2.26. The van der Waals surface area contributed by atoms with Gasteiger partial charge in [0.1, 0.15) is 10.7 Å². The molecule has 1 N–H and O–H groups in total. The number of H-pyrrole nitrogens is 1. The van der Waals surface area contributed by atoms with Crippen LogP contribution in [0.2, 0.25) is 0 Å². The van der Waals surface area contributed by atoms with Crippen molar-refractivity contribution in [2.45, 2.75) is 51.2 Å². The number of rotatable bonds is 4. The standard InChI is InChI=1S/C19H25N3O2S2/c1-12-5-6-13-14(9-12)26-19-17(13)18(24)20-15(21-19)10-25-11-16(23)22-7-3-2-4-8-22/h12H,2-11H2,1H3,(H,20,21,24)/t12-/m0/s1. The Labute approximate surface area is 161 Å². The molecular formula is C19H25N3O2S2. The zero-order chi connectivity index (χ0) is 18.1. The minimum Gasteiger partial charge on any atom is -0.342 e. The number of likely N-dealkylation sites (tertiary alicyclic amines) is 1. The van der Waals surface area contributed by atoms with E-state index in [1.54, 1.807) is 23.1 Å². The topological polar surface area (TPSA) is 66.1 Å². The maximum Gasteiger partial charge on any atom is 0.259 e. The summed E-state index contributed by atoms with van der Waals surface area (Å²) in [6.45, 7) is 4.05. The van der Waals surface area contributed by atoms with E-state index >= 15 is 0 Å². The molecule has 2 aromatic heterocycles. The Kier molecular flexibility index (Phi) is 5.36. The van der Waals surface area contributed by atoms with E-state index in [0.717, 1.165) is 55.4 Å². The fraction of sp³-hybridized carbons (Fsp3) is 0.632. The molecule has 0 saturated carbocycles. The van der Waals surface area contributed by atoms with Crippen LogP contribution in [-0.4, -0.2) is 39.6 Å². The molecule has 0 aromatic carbocycles. The molecule has 1 atom stereocenters. The summed E-state index contributed by atoms with van der Waals surface area (Å²) in [4.78, 5) is 36.6. The van der Waals surface area contributed by atoms with Crippen LogP contribution in [0.25, 0.3) is 10.2 Å². The molecule has 2 aliphatic rings. The van der Waals surface area contributed by atoms with Crippen LogP contribution in [0.4, 0.5) is 0 Å². The fourth-order valence-corrected chi connectivity index (χ4v) is 6.12. The Balaban J connectivity index is 1.44. The monoisotopic (exact) mass is 391 g/mol. The lowest BCUT2D eigenvalue weighted by molar-refractivity contribution is -0.129. The Morgan fingerprint density at radius 2 is 2.15 bits per heavy atom. The van der Waals surface area contributed by atoms with Gasteiger partial charge in [-0.1, -0.05) is 6.92 Å². The summed E-state index contributed by atoms with van der Waals surface area (Å²) in [5.74, 6) is 2.61. The van der Waals surface area contributed by atoms with Gasteiger partial charge in [0.25, 0.3) is 5.56 Å². The third kappa shape index (κ3) is 3.69. The minimum absolute atomic E-state index is 0.0139. The minimum atomic E-state index is -0.0139. The van der Waals surface area contributed by atoms with Crippen LogP contribution in [0.1, 0.15) is 48.9 Å². The zero-order valence-electron chi connectivity index (χ0n) is 15.2. The van der Waals surface area contributed by atoms with Crippen molar-refractivity contribution in [1.29, 1.82) is 0 Å². The number of nitrogens with one attached hydrogen (secondary N) is 1. The maximum atomic E-state index is 12.6. The van der Waals surface area contributed by atoms with Gasteiger partial charge in [-0.3, -0.25) is 9.59 Å². The first-order valence-electron chi connectivity index (χ1n) is 9.51. The highest BCUT2D eigenvalue weighted by Crippen LogP contribution is 2.35. The van der Waals surface area contributed by atoms with Gasteiger partial charge in [0.2, 0.25) is 5.91 Å². The van der Waals surface area contributed by atoms with Crippen molar-refractivity contribution < 1.29 is 4.79 Å². The number of hydrogen-bond donors (Lipinski definition) is 1. The predicted molar refractivity (Wildman–Crippen MR) is 108 cm³/mol. The summed E-state index contributed by atoms with van der Waals surface area (Å²) < 4.78 is 0. The molecule has 5 nitrogen and oxygen atoms in total. The highest BCUT2D eigenvalue weighted by atomic mass is 32.2. The number of carbonyl (C=O) groups is 1. The van der Waals surface area contributed by atoms with Gasteiger partial charge in [-0.05, 0) is 50.0 Å². The second-order valence-corrected chi connectivity index (χ2v) is 9.55. The van der Waals surface area contributed by atoms with Crippen molar-refractivity contribution >= 4 is 39.2 Å². The Bertz CT molecular complexity index is 868.